The van der Waals surface area contributed by atoms with Crippen molar-refractivity contribution in [2.24, 2.45) is 13.0 Å². The van der Waals surface area contributed by atoms with Crippen LogP contribution in [0.4, 0.5) is 0 Å². The smallest absolute Gasteiger partial charge is 0.355 e. The molecule has 0 spiro atoms. The predicted molar refractivity (Wildman–Crippen MR) is 109 cm³/mol. The maximum atomic E-state index is 12.6. The van der Waals surface area contributed by atoms with Crippen LogP contribution in [0, 0.1) is 17.2 Å². The van der Waals surface area contributed by atoms with E-state index in [1.165, 1.54) is 5.56 Å². The topological polar surface area (TPSA) is 55.0 Å². The minimum absolute atomic E-state index is 0.308. The summed E-state index contributed by atoms with van der Waals surface area (Å²) in [4.78, 5) is 12.6. The van der Waals surface area contributed by atoms with Crippen LogP contribution in [0.5, 0.6) is 0 Å². The average Bonchev–Trinajstić information content (AvgIpc) is 2.93. The van der Waals surface area contributed by atoms with E-state index in [0.717, 1.165) is 36.9 Å². The van der Waals surface area contributed by atoms with Crippen molar-refractivity contribution in [3.63, 3.8) is 0 Å². The second-order valence-corrected chi connectivity index (χ2v) is 7.32. The monoisotopic (exact) mass is 366 g/mol. The van der Waals surface area contributed by atoms with Crippen molar-refractivity contribution in [3.8, 4) is 17.2 Å². The Bertz CT molecular complexity index is 824. The molecule has 4 nitrogen and oxygen atoms in total. The standard InChI is InChI=1S/C23H30N2O2/c1-6-8-20-19(15-24)21(22(25(20)5)23(26)27-7-2)18-13-11-17(12-14-18)10-9-16(3)4/h11-14,16H,6-10H2,1-5H3. The maximum absolute atomic E-state index is 12.6. The average molecular weight is 367 g/mol. The number of rotatable bonds is 8. The van der Waals surface area contributed by atoms with Crippen LogP contribution in [0.3, 0.4) is 0 Å². The molecule has 0 aliphatic heterocycles. The number of aromatic nitrogens is 1. The van der Waals surface area contributed by atoms with E-state index in [9.17, 15) is 10.1 Å². The summed E-state index contributed by atoms with van der Waals surface area (Å²) >= 11 is 0. The second kappa shape index (κ2) is 9.41. The summed E-state index contributed by atoms with van der Waals surface area (Å²) in [6, 6.07) is 10.6. The summed E-state index contributed by atoms with van der Waals surface area (Å²) in [5, 5.41) is 9.82. The number of esters is 1. The van der Waals surface area contributed by atoms with Gasteiger partial charge >= 0.3 is 5.97 Å². The van der Waals surface area contributed by atoms with Crippen molar-refractivity contribution < 1.29 is 9.53 Å². The van der Waals surface area contributed by atoms with Gasteiger partial charge in [-0.15, -0.1) is 0 Å². The first-order valence-corrected chi connectivity index (χ1v) is 9.82. The summed E-state index contributed by atoms with van der Waals surface area (Å²) in [5.74, 6) is 0.286. The largest absolute Gasteiger partial charge is 0.461 e. The molecule has 0 saturated heterocycles. The van der Waals surface area contributed by atoms with Crippen molar-refractivity contribution in [1.82, 2.24) is 4.57 Å². The van der Waals surface area contributed by atoms with Crippen molar-refractivity contribution in [3.05, 3.63) is 46.8 Å². The Balaban J connectivity index is 2.55. The van der Waals surface area contributed by atoms with E-state index in [2.05, 4.69) is 39.0 Å². The molecule has 0 amide bonds. The molecule has 2 rings (SSSR count). The zero-order valence-corrected chi connectivity index (χ0v) is 17.1. The lowest BCUT2D eigenvalue weighted by atomic mass is 9.96. The van der Waals surface area contributed by atoms with Gasteiger partial charge in [0, 0.05) is 18.3 Å². The highest BCUT2D eigenvalue weighted by atomic mass is 16.5. The molecule has 0 bridgehead atoms. The van der Waals surface area contributed by atoms with Crippen LogP contribution in [-0.2, 0) is 24.6 Å². The number of carbonyl (C=O) groups excluding carboxylic acids is 1. The van der Waals surface area contributed by atoms with Crippen molar-refractivity contribution in [1.29, 1.82) is 5.26 Å². The minimum Gasteiger partial charge on any atom is -0.461 e. The number of hydrogen-bond donors (Lipinski definition) is 0. The fourth-order valence-electron chi connectivity index (χ4n) is 3.40. The molecule has 0 N–H and O–H groups in total. The fourth-order valence-corrected chi connectivity index (χ4v) is 3.40. The van der Waals surface area contributed by atoms with Gasteiger partial charge in [-0.05, 0) is 43.2 Å². The third kappa shape index (κ3) is 4.60. The van der Waals surface area contributed by atoms with Crippen LogP contribution in [0.15, 0.2) is 24.3 Å². The molecule has 2 aromatic rings. The van der Waals surface area contributed by atoms with Gasteiger partial charge in [0.2, 0.25) is 0 Å². The lowest BCUT2D eigenvalue weighted by Gasteiger charge is -2.09. The third-order valence-corrected chi connectivity index (χ3v) is 4.84. The van der Waals surface area contributed by atoms with Crippen molar-refractivity contribution >= 4 is 5.97 Å². The van der Waals surface area contributed by atoms with Gasteiger partial charge in [-0.1, -0.05) is 51.5 Å². The Morgan fingerprint density at radius 1 is 1.19 bits per heavy atom. The van der Waals surface area contributed by atoms with Crippen molar-refractivity contribution in [2.75, 3.05) is 6.61 Å². The van der Waals surface area contributed by atoms with Gasteiger partial charge < -0.3 is 9.30 Å². The third-order valence-electron chi connectivity index (χ3n) is 4.84. The number of carbonyl (C=O) groups is 1. The summed E-state index contributed by atoms with van der Waals surface area (Å²) in [6.07, 6.45) is 3.83. The maximum Gasteiger partial charge on any atom is 0.355 e. The fraction of sp³-hybridized carbons (Fsp3) is 0.478. The molecule has 0 fully saturated rings. The number of nitriles is 1. The first-order valence-electron chi connectivity index (χ1n) is 9.82. The highest BCUT2D eigenvalue weighted by molar-refractivity contribution is 5.98. The molecule has 0 radical (unpaired) electrons. The van der Waals surface area contributed by atoms with Gasteiger partial charge in [0.15, 0.2) is 0 Å². The van der Waals surface area contributed by atoms with Crippen LogP contribution in [-0.4, -0.2) is 17.1 Å². The van der Waals surface area contributed by atoms with Gasteiger partial charge in [0.1, 0.15) is 11.8 Å². The zero-order valence-electron chi connectivity index (χ0n) is 17.1. The summed E-state index contributed by atoms with van der Waals surface area (Å²) in [5.41, 5.74) is 4.79. The van der Waals surface area contributed by atoms with E-state index in [4.69, 9.17) is 4.74 Å². The molecular weight excluding hydrogens is 336 g/mol. The predicted octanol–water partition coefficient (Wildman–Crippen LogP) is 5.28. The van der Waals surface area contributed by atoms with Gasteiger partial charge in [-0.3, -0.25) is 0 Å². The SMILES string of the molecule is CCCc1c(C#N)c(-c2ccc(CCC(C)C)cc2)c(C(=O)OCC)n1C. The molecule has 1 heterocycles. The van der Waals surface area contributed by atoms with Crippen LogP contribution in [0.25, 0.3) is 11.1 Å². The van der Waals surface area contributed by atoms with E-state index in [-0.39, 0.29) is 5.97 Å². The molecule has 27 heavy (non-hydrogen) atoms. The van der Waals surface area contributed by atoms with E-state index < -0.39 is 0 Å². The first kappa shape index (κ1) is 20.8. The number of benzene rings is 1. The van der Waals surface area contributed by atoms with E-state index in [1.54, 1.807) is 6.92 Å². The summed E-state index contributed by atoms with van der Waals surface area (Å²) < 4.78 is 7.12. The van der Waals surface area contributed by atoms with Gasteiger partial charge in [-0.2, -0.15) is 5.26 Å². The lowest BCUT2D eigenvalue weighted by Crippen LogP contribution is -2.12. The molecule has 0 unspecified atom stereocenters. The Hall–Kier alpha value is -2.54. The highest BCUT2D eigenvalue weighted by Crippen LogP contribution is 2.33. The molecule has 1 aromatic heterocycles. The number of hydrogen-bond acceptors (Lipinski definition) is 3. The number of aryl methyl sites for hydroxylation is 1. The minimum atomic E-state index is -0.377. The quantitative estimate of drug-likeness (QED) is 0.597. The Morgan fingerprint density at radius 2 is 1.85 bits per heavy atom. The molecule has 144 valence electrons. The second-order valence-electron chi connectivity index (χ2n) is 7.32. The van der Waals surface area contributed by atoms with Gasteiger partial charge in [-0.25, -0.2) is 4.79 Å². The van der Waals surface area contributed by atoms with Gasteiger partial charge in [0.25, 0.3) is 0 Å². The van der Waals surface area contributed by atoms with Crippen LogP contribution in [0.1, 0.15) is 67.8 Å². The molecule has 0 aliphatic carbocycles. The Labute approximate surface area is 162 Å². The highest BCUT2D eigenvalue weighted by Gasteiger charge is 2.27. The van der Waals surface area contributed by atoms with Crippen LogP contribution < -0.4 is 0 Å². The normalized spacial score (nSPS) is 10.9. The lowest BCUT2D eigenvalue weighted by molar-refractivity contribution is 0.0516. The molecule has 0 aliphatic rings. The molecule has 4 heteroatoms. The van der Waals surface area contributed by atoms with E-state index in [1.807, 2.05) is 23.7 Å². The van der Waals surface area contributed by atoms with E-state index >= 15 is 0 Å². The number of nitrogens with zero attached hydrogens (tertiary/aromatic N) is 2. The van der Waals surface area contributed by atoms with Gasteiger partial charge in [0.05, 0.1) is 12.2 Å². The number of ether oxygens (including phenoxy) is 1. The van der Waals surface area contributed by atoms with Crippen LogP contribution in [0.2, 0.25) is 0 Å². The Morgan fingerprint density at radius 3 is 2.37 bits per heavy atom. The first-order chi connectivity index (χ1) is 12.9. The van der Waals surface area contributed by atoms with Crippen LogP contribution >= 0.6 is 0 Å². The molecule has 1 aromatic carbocycles. The zero-order chi connectivity index (χ0) is 20.0. The Kier molecular flexibility index (Phi) is 7.24. The summed E-state index contributed by atoms with van der Waals surface area (Å²) in [7, 11) is 1.85. The molecular formula is C23H30N2O2. The van der Waals surface area contributed by atoms with Crippen molar-refractivity contribution in [2.45, 2.75) is 53.4 Å². The summed E-state index contributed by atoms with van der Waals surface area (Å²) in [6.45, 7) is 8.61. The molecule has 0 atom stereocenters. The molecule has 0 saturated carbocycles. The van der Waals surface area contributed by atoms with E-state index in [0.29, 0.717) is 29.3 Å².